The Balaban J connectivity index is 2.28. The number of hydrogen-bond donors (Lipinski definition) is 2. The third-order valence-corrected chi connectivity index (χ3v) is 3.65. The van der Waals surface area contributed by atoms with E-state index in [1.165, 1.54) is 0 Å². The van der Waals surface area contributed by atoms with Crippen molar-refractivity contribution < 1.29 is 9.53 Å². The second-order valence-electron chi connectivity index (χ2n) is 4.76. The molecule has 4 nitrogen and oxygen atoms in total. The maximum Gasteiger partial charge on any atom is 0.263 e. The van der Waals surface area contributed by atoms with E-state index in [4.69, 9.17) is 10.6 Å². The van der Waals surface area contributed by atoms with Crippen LogP contribution in [-0.4, -0.2) is 28.6 Å². The van der Waals surface area contributed by atoms with Gasteiger partial charge in [0.15, 0.2) is 0 Å². The van der Waals surface area contributed by atoms with E-state index in [0.29, 0.717) is 0 Å². The van der Waals surface area contributed by atoms with Crippen LogP contribution in [0.1, 0.15) is 33.6 Å². The van der Waals surface area contributed by atoms with Crippen LogP contribution < -0.4 is 11.3 Å². The summed E-state index contributed by atoms with van der Waals surface area (Å²) in [5, 5.41) is 0. The molecule has 1 aliphatic heterocycles. The Bertz CT molecular complexity index is 228. The average Bonchev–Trinajstić information content (AvgIpc) is 2.61. The Morgan fingerprint density at radius 1 is 1.53 bits per heavy atom. The van der Waals surface area contributed by atoms with Crippen molar-refractivity contribution in [2.24, 2.45) is 5.84 Å². The van der Waals surface area contributed by atoms with Crippen LogP contribution in [0.15, 0.2) is 0 Å². The maximum absolute atomic E-state index is 11.2. The van der Waals surface area contributed by atoms with Crippen molar-refractivity contribution >= 4 is 17.7 Å². The highest BCUT2D eigenvalue weighted by atomic mass is 32.2. The Morgan fingerprint density at radius 2 is 2.20 bits per heavy atom. The van der Waals surface area contributed by atoms with Crippen LogP contribution in [0.5, 0.6) is 0 Å². The summed E-state index contributed by atoms with van der Waals surface area (Å²) < 4.78 is 5.84. The molecular formula is C10H20N2O2S. The van der Waals surface area contributed by atoms with Crippen molar-refractivity contribution in [1.82, 2.24) is 5.43 Å². The molecule has 1 fully saturated rings. The summed E-state index contributed by atoms with van der Waals surface area (Å²) in [4.78, 5) is 11.2. The van der Waals surface area contributed by atoms with E-state index in [2.05, 4.69) is 26.2 Å². The van der Waals surface area contributed by atoms with E-state index >= 15 is 0 Å². The zero-order valence-electron chi connectivity index (χ0n) is 9.58. The van der Waals surface area contributed by atoms with Crippen LogP contribution in [0.4, 0.5) is 0 Å². The minimum Gasteiger partial charge on any atom is -0.364 e. The van der Waals surface area contributed by atoms with Crippen molar-refractivity contribution in [3.63, 3.8) is 0 Å². The minimum absolute atomic E-state index is 0.191. The van der Waals surface area contributed by atoms with Gasteiger partial charge < -0.3 is 4.74 Å². The molecule has 1 heterocycles. The topological polar surface area (TPSA) is 64.4 Å². The van der Waals surface area contributed by atoms with Gasteiger partial charge >= 0.3 is 0 Å². The molecule has 1 rings (SSSR count). The van der Waals surface area contributed by atoms with Crippen molar-refractivity contribution in [3.05, 3.63) is 0 Å². The third kappa shape index (κ3) is 4.40. The fourth-order valence-corrected chi connectivity index (χ4v) is 2.39. The summed E-state index contributed by atoms with van der Waals surface area (Å²) in [6.45, 7) is 6.53. The molecule has 1 aliphatic rings. The number of hydrazine groups is 1. The second kappa shape index (κ2) is 5.18. The number of hydrogen-bond acceptors (Lipinski definition) is 4. The fourth-order valence-electron chi connectivity index (χ4n) is 1.46. The highest BCUT2D eigenvalue weighted by Crippen LogP contribution is 2.29. The van der Waals surface area contributed by atoms with Crippen LogP contribution in [0, 0.1) is 0 Å². The van der Waals surface area contributed by atoms with Gasteiger partial charge in [0.2, 0.25) is 0 Å². The standard InChI is InChI=1S/C10H20N2O2S/c1-10(2,3)15-6-7-4-5-8(14-7)9(13)12-11/h7-8H,4-6,11H2,1-3H3,(H,12,13). The van der Waals surface area contributed by atoms with Crippen LogP contribution in [0.2, 0.25) is 0 Å². The first-order valence-corrected chi connectivity index (χ1v) is 6.21. The van der Waals surface area contributed by atoms with Gasteiger partial charge in [0.1, 0.15) is 6.10 Å². The van der Waals surface area contributed by atoms with Gasteiger partial charge in [0.25, 0.3) is 5.91 Å². The molecule has 2 atom stereocenters. The van der Waals surface area contributed by atoms with Crippen molar-refractivity contribution in [2.45, 2.75) is 50.6 Å². The molecule has 88 valence electrons. The van der Waals surface area contributed by atoms with Crippen molar-refractivity contribution in [1.29, 1.82) is 0 Å². The molecule has 0 aliphatic carbocycles. The molecule has 0 aromatic rings. The van der Waals surface area contributed by atoms with Gasteiger partial charge in [-0.1, -0.05) is 20.8 Å². The Labute approximate surface area is 95.3 Å². The summed E-state index contributed by atoms with van der Waals surface area (Å²) in [5.41, 5.74) is 2.13. The average molecular weight is 232 g/mol. The minimum atomic E-state index is -0.347. The van der Waals surface area contributed by atoms with Crippen LogP contribution in [0.25, 0.3) is 0 Å². The number of thioether (sulfide) groups is 1. The Hall–Kier alpha value is -0.260. The maximum atomic E-state index is 11.2. The summed E-state index contributed by atoms with van der Waals surface area (Å²) in [6, 6.07) is 0. The molecule has 5 heteroatoms. The van der Waals surface area contributed by atoms with Gasteiger partial charge in [0.05, 0.1) is 6.10 Å². The number of amides is 1. The lowest BCUT2D eigenvalue weighted by Crippen LogP contribution is -2.39. The lowest BCUT2D eigenvalue weighted by Gasteiger charge is -2.20. The smallest absolute Gasteiger partial charge is 0.263 e. The van der Waals surface area contributed by atoms with Gasteiger partial charge in [-0.05, 0) is 12.8 Å². The predicted molar refractivity (Wildman–Crippen MR) is 62.4 cm³/mol. The van der Waals surface area contributed by atoms with Gasteiger partial charge in [0, 0.05) is 10.5 Å². The number of nitrogens with two attached hydrogens (primary N) is 1. The fraction of sp³-hybridized carbons (Fsp3) is 0.900. The van der Waals surface area contributed by atoms with Crippen LogP contribution in [-0.2, 0) is 9.53 Å². The quantitative estimate of drug-likeness (QED) is 0.434. The number of carbonyl (C=O) groups excluding carboxylic acids is 1. The number of carbonyl (C=O) groups is 1. The molecule has 0 spiro atoms. The Kier molecular flexibility index (Phi) is 4.43. The highest BCUT2D eigenvalue weighted by Gasteiger charge is 2.30. The van der Waals surface area contributed by atoms with E-state index in [9.17, 15) is 4.79 Å². The zero-order chi connectivity index (χ0) is 11.5. The lowest BCUT2D eigenvalue weighted by molar-refractivity contribution is -0.131. The molecule has 0 aromatic heterocycles. The molecule has 2 unspecified atom stereocenters. The third-order valence-electron chi connectivity index (χ3n) is 2.24. The lowest BCUT2D eigenvalue weighted by atomic mass is 10.2. The molecular weight excluding hydrogens is 212 g/mol. The molecule has 15 heavy (non-hydrogen) atoms. The van der Waals surface area contributed by atoms with Gasteiger partial charge in [-0.15, -0.1) is 0 Å². The SMILES string of the molecule is CC(C)(C)SCC1CCC(C(=O)NN)O1. The highest BCUT2D eigenvalue weighted by molar-refractivity contribution is 8.00. The Morgan fingerprint density at radius 3 is 2.73 bits per heavy atom. The first-order chi connectivity index (χ1) is 6.92. The molecule has 0 radical (unpaired) electrons. The van der Waals surface area contributed by atoms with Crippen molar-refractivity contribution in [2.75, 3.05) is 5.75 Å². The van der Waals surface area contributed by atoms with Gasteiger partial charge in [-0.2, -0.15) is 11.8 Å². The number of rotatable bonds is 3. The summed E-state index contributed by atoms with van der Waals surface area (Å²) >= 11 is 1.86. The van der Waals surface area contributed by atoms with Gasteiger partial charge in [-0.3, -0.25) is 10.2 Å². The molecule has 1 amide bonds. The van der Waals surface area contributed by atoms with Crippen molar-refractivity contribution in [3.8, 4) is 0 Å². The van der Waals surface area contributed by atoms with Crippen LogP contribution >= 0.6 is 11.8 Å². The zero-order valence-corrected chi connectivity index (χ0v) is 10.4. The summed E-state index contributed by atoms with van der Waals surface area (Å²) in [5.74, 6) is 5.79. The summed E-state index contributed by atoms with van der Waals surface area (Å²) in [6.07, 6.45) is 1.57. The molecule has 0 aromatic carbocycles. The van der Waals surface area contributed by atoms with E-state index in [1.54, 1.807) is 0 Å². The second-order valence-corrected chi connectivity index (χ2v) is 6.60. The predicted octanol–water partition coefficient (Wildman–Crippen LogP) is 1.06. The van der Waals surface area contributed by atoms with E-state index < -0.39 is 0 Å². The van der Waals surface area contributed by atoms with Crippen LogP contribution in [0.3, 0.4) is 0 Å². The first-order valence-electron chi connectivity index (χ1n) is 5.22. The van der Waals surface area contributed by atoms with E-state index in [1.807, 2.05) is 11.8 Å². The summed E-state index contributed by atoms with van der Waals surface area (Å²) in [7, 11) is 0. The number of nitrogens with one attached hydrogen (secondary N) is 1. The van der Waals surface area contributed by atoms with E-state index in [-0.39, 0.29) is 22.9 Å². The van der Waals surface area contributed by atoms with Gasteiger partial charge in [-0.25, -0.2) is 5.84 Å². The monoisotopic (exact) mass is 232 g/mol. The normalized spacial score (nSPS) is 26.7. The first kappa shape index (κ1) is 12.8. The largest absolute Gasteiger partial charge is 0.364 e. The molecule has 3 N–H and O–H groups in total. The number of ether oxygens (including phenoxy) is 1. The molecule has 0 saturated carbocycles. The molecule has 0 bridgehead atoms. The molecule has 1 saturated heterocycles. The van der Waals surface area contributed by atoms with E-state index in [0.717, 1.165) is 18.6 Å².